The molecule has 1 aliphatic heterocycles. The molecule has 1 aromatic carbocycles. The van der Waals surface area contributed by atoms with E-state index in [2.05, 4.69) is 0 Å². The van der Waals surface area contributed by atoms with E-state index in [1.165, 1.54) is 5.56 Å². The van der Waals surface area contributed by atoms with Crippen LogP contribution in [-0.4, -0.2) is 15.3 Å². The second-order valence-electron chi connectivity index (χ2n) is 9.72. The maximum Gasteiger partial charge on any atom is 0.254 e. The normalized spacial score (nSPS) is 14.9. The fourth-order valence-corrected chi connectivity index (χ4v) is 6.32. The summed E-state index contributed by atoms with van der Waals surface area (Å²) in [6, 6.07) is 3.62. The van der Waals surface area contributed by atoms with Gasteiger partial charge in [-0.05, 0) is 73.3 Å². The van der Waals surface area contributed by atoms with Crippen molar-refractivity contribution >= 4 is 16.7 Å². The van der Waals surface area contributed by atoms with Crippen LogP contribution in [0.25, 0.3) is 22.3 Å². The van der Waals surface area contributed by atoms with Gasteiger partial charge < -0.3 is 4.57 Å². The maximum atomic E-state index is 15.0. The number of halogens is 1. The van der Waals surface area contributed by atoms with Gasteiger partial charge in [-0.25, -0.2) is 9.37 Å². The lowest BCUT2D eigenvalue weighted by Gasteiger charge is -2.22. The summed E-state index contributed by atoms with van der Waals surface area (Å²) in [6.07, 6.45) is 6.03. The van der Waals surface area contributed by atoms with Gasteiger partial charge >= 0.3 is 0 Å². The molecule has 0 fully saturated rings. The summed E-state index contributed by atoms with van der Waals surface area (Å²) in [5.74, 6) is -0.255. The minimum atomic E-state index is -0.271. The van der Waals surface area contributed by atoms with Crippen LogP contribution < -0.4 is 5.56 Å². The molecule has 1 unspecified atom stereocenters. The van der Waals surface area contributed by atoms with E-state index < -0.39 is 0 Å². The Morgan fingerprint density at radius 3 is 2.47 bits per heavy atom. The molecule has 3 aromatic rings. The number of carbonyl (C=O) groups is 1. The van der Waals surface area contributed by atoms with Crippen LogP contribution in [-0.2, 0) is 37.0 Å². The first-order valence-electron chi connectivity index (χ1n) is 12.9. The lowest BCUT2D eigenvalue weighted by Crippen LogP contribution is -2.27. The van der Waals surface area contributed by atoms with Crippen LogP contribution in [0.2, 0.25) is 0 Å². The SMILES string of the molecule is CCCC(=O)C(CC)c1cc2n(c(=O)c1CC)Cc1c-2nc2cc(F)c(CC)c3c2c1CCC3. The third-order valence-corrected chi connectivity index (χ3v) is 7.88. The molecule has 0 amide bonds. The van der Waals surface area contributed by atoms with Crippen LogP contribution in [0.1, 0.15) is 92.7 Å². The summed E-state index contributed by atoms with van der Waals surface area (Å²) in [7, 11) is 0. The Bertz CT molecular complexity index is 1390. The molecule has 34 heavy (non-hydrogen) atoms. The largest absolute Gasteiger partial charge is 0.302 e. The molecular weight excluding hydrogens is 427 g/mol. The van der Waals surface area contributed by atoms with Gasteiger partial charge in [0.25, 0.3) is 5.56 Å². The van der Waals surface area contributed by atoms with E-state index in [0.29, 0.717) is 37.7 Å². The number of benzene rings is 1. The van der Waals surface area contributed by atoms with Crippen molar-refractivity contribution in [2.24, 2.45) is 0 Å². The van der Waals surface area contributed by atoms with E-state index in [1.54, 1.807) is 6.07 Å². The van der Waals surface area contributed by atoms with Gasteiger partial charge in [-0.1, -0.05) is 27.7 Å². The quantitative estimate of drug-likeness (QED) is 0.338. The van der Waals surface area contributed by atoms with Gasteiger partial charge in [0.05, 0.1) is 23.4 Å². The van der Waals surface area contributed by atoms with Crippen LogP contribution in [0.3, 0.4) is 0 Å². The zero-order valence-corrected chi connectivity index (χ0v) is 20.7. The highest BCUT2D eigenvalue weighted by Crippen LogP contribution is 2.42. The highest BCUT2D eigenvalue weighted by Gasteiger charge is 2.32. The van der Waals surface area contributed by atoms with Gasteiger partial charge in [-0.2, -0.15) is 0 Å². The number of rotatable bonds is 7. The standard InChI is InChI=1S/C29H33FN2O2/c1-5-10-26(33)17(7-3)21-13-25-28-22(15-32(25)29(34)18(21)8-4)20-12-9-11-19-16(6-2)23(30)14-24(31-28)27(19)20/h13-14,17H,5-12,15H2,1-4H3. The molecule has 3 heterocycles. The molecule has 5 heteroatoms. The highest BCUT2D eigenvalue weighted by molar-refractivity contribution is 5.92. The van der Waals surface area contributed by atoms with Gasteiger partial charge in [-0.15, -0.1) is 0 Å². The topological polar surface area (TPSA) is 52.0 Å². The Labute approximate surface area is 200 Å². The molecule has 0 N–H and O–H groups in total. The number of aromatic nitrogens is 2. The molecule has 2 aromatic heterocycles. The van der Waals surface area contributed by atoms with Gasteiger partial charge in [-0.3, -0.25) is 9.59 Å². The number of ketones is 1. The summed E-state index contributed by atoms with van der Waals surface area (Å²) < 4.78 is 16.8. The number of pyridine rings is 2. The van der Waals surface area contributed by atoms with E-state index >= 15 is 0 Å². The smallest absolute Gasteiger partial charge is 0.254 e. The second-order valence-corrected chi connectivity index (χ2v) is 9.72. The molecule has 0 saturated heterocycles. The van der Waals surface area contributed by atoms with Gasteiger partial charge in [0, 0.05) is 34.9 Å². The van der Waals surface area contributed by atoms with Crippen molar-refractivity contribution in [3.05, 3.63) is 61.7 Å². The number of carbonyl (C=O) groups excluding carboxylic acids is 1. The van der Waals surface area contributed by atoms with Crippen LogP contribution in [0, 0.1) is 5.82 Å². The lowest BCUT2D eigenvalue weighted by atomic mass is 9.83. The summed E-state index contributed by atoms with van der Waals surface area (Å²) in [6.45, 7) is 8.53. The summed E-state index contributed by atoms with van der Waals surface area (Å²) in [4.78, 5) is 31.6. The van der Waals surface area contributed by atoms with Crippen molar-refractivity contribution < 1.29 is 9.18 Å². The summed E-state index contributed by atoms with van der Waals surface area (Å²) >= 11 is 0. The number of fused-ring (bicyclic) bond motifs is 4. The molecule has 2 aliphatic rings. The summed E-state index contributed by atoms with van der Waals surface area (Å²) in [5.41, 5.74) is 8.08. The number of aryl methyl sites for hydroxylation is 2. The molecular formula is C29H33FN2O2. The zero-order valence-electron chi connectivity index (χ0n) is 20.7. The third-order valence-electron chi connectivity index (χ3n) is 7.88. The highest BCUT2D eigenvalue weighted by atomic mass is 19.1. The number of hydrogen-bond acceptors (Lipinski definition) is 3. The number of Topliss-reactive ketones (excluding diaryl/α,β-unsaturated/α-hetero) is 1. The number of nitrogens with zero attached hydrogens (tertiary/aromatic N) is 2. The minimum Gasteiger partial charge on any atom is -0.302 e. The molecule has 1 atom stereocenters. The Morgan fingerprint density at radius 2 is 1.79 bits per heavy atom. The van der Waals surface area contributed by atoms with Crippen molar-refractivity contribution in [1.29, 1.82) is 0 Å². The van der Waals surface area contributed by atoms with E-state index in [4.69, 9.17) is 4.98 Å². The Balaban J connectivity index is 1.78. The maximum absolute atomic E-state index is 15.0. The molecule has 0 saturated carbocycles. The van der Waals surface area contributed by atoms with Crippen LogP contribution in [0.15, 0.2) is 16.9 Å². The average Bonchev–Trinajstić information content (AvgIpc) is 3.19. The van der Waals surface area contributed by atoms with Crippen molar-refractivity contribution in [3.8, 4) is 11.4 Å². The van der Waals surface area contributed by atoms with Crippen molar-refractivity contribution in [2.75, 3.05) is 0 Å². The predicted molar refractivity (Wildman–Crippen MR) is 134 cm³/mol. The fraction of sp³-hybridized carbons (Fsp3) is 0.483. The molecule has 0 spiro atoms. The first-order valence-corrected chi connectivity index (χ1v) is 12.9. The first kappa shape index (κ1) is 22.9. The average molecular weight is 461 g/mol. The fourth-order valence-electron chi connectivity index (χ4n) is 6.32. The van der Waals surface area contributed by atoms with Crippen LogP contribution >= 0.6 is 0 Å². The Morgan fingerprint density at radius 1 is 1.06 bits per heavy atom. The zero-order chi connectivity index (χ0) is 24.1. The third kappa shape index (κ3) is 3.27. The van der Waals surface area contributed by atoms with Gasteiger partial charge in [0.1, 0.15) is 11.6 Å². The van der Waals surface area contributed by atoms with E-state index in [-0.39, 0.29) is 23.1 Å². The second kappa shape index (κ2) is 8.75. The van der Waals surface area contributed by atoms with E-state index in [0.717, 1.165) is 70.3 Å². The Hall–Kier alpha value is -2.82. The van der Waals surface area contributed by atoms with Gasteiger partial charge in [0.15, 0.2) is 0 Å². The molecule has 1 aliphatic carbocycles. The monoisotopic (exact) mass is 460 g/mol. The van der Waals surface area contributed by atoms with Gasteiger partial charge in [0.2, 0.25) is 0 Å². The molecule has 0 bridgehead atoms. The van der Waals surface area contributed by atoms with Crippen LogP contribution in [0.5, 0.6) is 0 Å². The minimum absolute atomic E-state index is 0.0107. The number of hydrogen-bond donors (Lipinski definition) is 0. The Kier molecular flexibility index (Phi) is 5.91. The predicted octanol–water partition coefficient (Wildman–Crippen LogP) is 6.04. The van der Waals surface area contributed by atoms with Crippen molar-refractivity contribution in [3.63, 3.8) is 0 Å². The molecule has 5 rings (SSSR count). The molecule has 4 nitrogen and oxygen atoms in total. The molecule has 0 radical (unpaired) electrons. The van der Waals surface area contributed by atoms with Crippen LogP contribution in [0.4, 0.5) is 4.39 Å². The van der Waals surface area contributed by atoms with Crippen molar-refractivity contribution in [1.82, 2.24) is 9.55 Å². The van der Waals surface area contributed by atoms with E-state index in [1.807, 2.05) is 38.3 Å². The summed E-state index contributed by atoms with van der Waals surface area (Å²) in [5, 5.41) is 1.10. The first-order chi connectivity index (χ1) is 16.4. The molecule has 178 valence electrons. The lowest BCUT2D eigenvalue weighted by molar-refractivity contribution is -0.120. The van der Waals surface area contributed by atoms with Crippen molar-refractivity contribution in [2.45, 2.75) is 91.5 Å². The van der Waals surface area contributed by atoms with E-state index in [9.17, 15) is 14.0 Å².